The van der Waals surface area contributed by atoms with Crippen molar-refractivity contribution in [2.45, 2.75) is 52.0 Å². The largest absolute Gasteiger partial charge is 0.467 e. The van der Waals surface area contributed by atoms with E-state index in [1.54, 1.807) is 6.08 Å². The minimum Gasteiger partial charge on any atom is -0.467 e. The minimum absolute atomic E-state index is 0.310. The van der Waals surface area contributed by atoms with E-state index >= 15 is 0 Å². The molecule has 0 radical (unpaired) electrons. The third kappa shape index (κ3) is 3.71. The molecular weight excluding hydrogens is 220 g/mol. The molecule has 0 saturated carbocycles. The van der Waals surface area contributed by atoms with Crippen molar-refractivity contribution in [2.75, 3.05) is 0 Å². The summed E-state index contributed by atoms with van der Waals surface area (Å²) in [5.74, 6) is 0.641. The highest BCUT2D eigenvalue weighted by atomic mass is 16.5. The Kier molecular flexibility index (Phi) is 4.16. The zero-order valence-corrected chi connectivity index (χ0v) is 10.8. The van der Waals surface area contributed by atoms with Crippen LogP contribution in [-0.2, 0) is 4.74 Å². The number of rotatable bonds is 4. The molecule has 4 N–H and O–H groups in total. The first-order valence-corrected chi connectivity index (χ1v) is 5.83. The Bertz CT molecular complexity index is 333. The van der Waals surface area contributed by atoms with Gasteiger partial charge in [0.05, 0.1) is 5.71 Å². The molecule has 5 nitrogen and oxygen atoms in total. The standard InChI is InChI=1S/C12H22N2O3/c1-7(2)5-8(11(15)16)14-9-6-10(13)17-12(9,3)4/h6-8,11,15-16H,5,13H2,1-4H3. The summed E-state index contributed by atoms with van der Waals surface area (Å²) in [4.78, 5) is 4.35. The molecule has 0 aromatic rings. The van der Waals surface area contributed by atoms with Crippen LogP contribution in [0.4, 0.5) is 0 Å². The van der Waals surface area contributed by atoms with Crippen LogP contribution in [0.15, 0.2) is 17.0 Å². The van der Waals surface area contributed by atoms with Gasteiger partial charge in [0.1, 0.15) is 11.6 Å². The fourth-order valence-corrected chi connectivity index (χ4v) is 1.78. The predicted octanol–water partition coefficient (Wildman–Crippen LogP) is 0.762. The maximum absolute atomic E-state index is 9.31. The van der Waals surface area contributed by atoms with Gasteiger partial charge in [-0.15, -0.1) is 0 Å². The molecule has 0 amide bonds. The highest BCUT2D eigenvalue weighted by Crippen LogP contribution is 2.24. The second-order valence-electron chi connectivity index (χ2n) is 5.28. The maximum Gasteiger partial charge on any atom is 0.187 e. The molecule has 1 heterocycles. The van der Waals surface area contributed by atoms with Crippen LogP contribution in [0.25, 0.3) is 0 Å². The van der Waals surface area contributed by atoms with E-state index in [-0.39, 0.29) is 0 Å². The van der Waals surface area contributed by atoms with E-state index in [1.807, 2.05) is 27.7 Å². The summed E-state index contributed by atoms with van der Waals surface area (Å²) in [6, 6.07) is -0.546. The van der Waals surface area contributed by atoms with E-state index in [4.69, 9.17) is 10.5 Å². The third-order valence-corrected chi connectivity index (χ3v) is 2.63. The third-order valence-electron chi connectivity index (χ3n) is 2.63. The van der Waals surface area contributed by atoms with E-state index in [0.29, 0.717) is 23.9 Å². The molecule has 0 aliphatic carbocycles. The summed E-state index contributed by atoms with van der Waals surface area (Å²) in [6.45, 7) is 7.71. The van der Waals surface area contributed by atoms with E-state index in [1.165, 1.54) is 0 Å². The summed E-state index contributed by atoms with van der Waals surface area (Å²) >= 11 is 0. The number of aliphatic hydroxyl groups is 2. The first-order valence-electron chi connectivity index (χ1n) is 5.83. The second kappa shape index (κ2) is 5.06. The summed E-state index contributed by atoms with van der Waals surface area (Å²) in [5.41, 5.74) is 5.63. The van der Waals surface area contributed by atoms with Crippen molar-refractivity contribution in [3.8, 4) is 0 Å². The quantitative estimate of drug-likeness (QED) is 0.635. The van der Waals surface area contributed by atoms with Gasteiger partial charge in [0.15, 0.2) is 12.2 Å². The number of ether oxygens (including phenoxy) is 1. The van der Waals surface area contributed by atoms with Crippen LogP contribution >= 0.6 is 0 Å². The molecule has 0 bridgehead atoms. The van der Waals surface area contributed by atoms with Gasteiger partial charge in [-0.05, 0) is 26.2 Å². The maximum atomic E-state index is 9.31. The van der Waals surface area contributed by atoms with Gasteiger partial charge in [-0.25, -0.2) is 0 Å². The zero-order chi connectivity index (χ0) is 13.2. The minimum atomic E-state index is -1.46. The Hall–Kier alpha value is -1.07. The van der Waals surface area contributed by atoms with Gasteiger partial charge >= 0.3 is 0 Å². The van der Waals surface area contributed by atoms with Crippen LogP contribution in [0.1, 0.15) is 34.1 Å². The van der Waals surface area contributed by atoms with Crippen molar-refractivity contribution < 1.29 is 14.9 Å². The SMILES string of the molecule is CC(C)CC(N=C1C=C(N)OC1(C)C)C(O)O. The lowest BCUT2D eigenvalue weighted by Gasteiger charge is -2.23. The monoisotopic (exact) mass is 242 g/mol. The number of nitrogens with two attached hydrogens (primary N) is 1. The average molecular weight is 242 g/mol. The van der Waals surface area contributed by atoms with E-state index in [0.717, 1.165) is 0 Å². The number of nitrogens with zero attached hydrogens (tertiary/aromatic N) is 1. The first-order chi connectivity index (χ1) is 7.72. The molecule has 0 spiro atoms. The number of aliphatic imine (C=N–C) groups is 1. The first kappa shape index (κ1) is 14.0. The van der Waals surface area contributed by atoms with Crippen molar-refractivity contribution in [3.05, 3.63) is 12.0 Å². The Labute approximate surface area is 102 Å². The molecular formula is C12H22N2O3. The van der Waals surface area contributed by atoms with Crippen molar-refractivity contribution in [2.24, 2.45) is 16.6 Å². The summed E-state index contributed by atoms with van der Waals surface area (Å²) < 4.78 is 5.39. The molecule has 0 fully saturated rings. The zero-order valence-electron chi connectivity index (χ0n) is 10.8. The van der Waals surface area contributed by atoms with Crippen LogP contribution in [0.3, 0.4) is 0 Å². The van der Waals surface area contributed by atoms with Crippen molar-refractivity contribution in [1.82, 2.24) is 0 Å². The van der Waals surface area contributed by atoms with Gasteiger partial charge in [0, 0.05) is 6.08 Å². The van der Waals surface area contributed by atoms with Gasteiger partial charge in [-0.2, -0.15) is 0 Å². The Morgan fingerprint density at radius 1 is 1.41 bits per heavy atom. The fraction of sp³-hybridized carbons (Fsp3) is 0.750. The molecule has 0 aromatic heterocycles. The smallest absolute Gasteiger partial charge is 0.187 e. The molecule has 0 saturated heterocycles. The summed E-state index contributed by atoms with van der Waals surface area (Å²) in [6.07, 6.45) is 0.775. The molecule has 1 aliphatic rings. The molecule has 1 unspecified atom stereocenters. The summed E-state index contributed by atoms with van der Waals surface area (Å²) in [7, 11) is 0. The van der Waals surface area contributed by atoms with Crippen molar-refractivity contribution in [3.63, 3.8) is 0 Å². The molecule has 98 valence electrons. The van der Waals surface area contributed by atoms with Crippen LogP contribution in [0.2, 0.25) is 0 Å². The lowest BCUT2D eigenvalue weighted by molar-refractivity contribution is -0.0613. The average Bonchev–Trinajstić information content (AvgIpc) is 2.37. The van der Waals surface area contributed by atoms with Crippen molar-refractivity contribution in [1.29, 1.82) is 0 Å². The van der Waals surface area contributed by atoms with Gasteiger partial charge in [0.2, 0.25) is 0 Å². The molecule has 1 atom stereocenters. The molecule has 0 aromatic carbocycles. The number of hydrogen-bond acceptors (Lipinski definition) is 5. The second-order valence-corrected chi connectivity index (χ2v) is 5.28. The van der Waals surface area contributed by atoms with Crippen LogP contribution in [-0.4, -0.2) is 33.9 Å². The van der Waals surface area contributed by atoms with Gasteiger partial charge in [-0.1, -0.05) is 13.8 Å². The summed E-state index contributed by atoms with van der Waals surface area (Å²) in [5, 5.41) is 18.6. The lowest BCUT2D eigenvalue weighted by Crippen LogP contribution is -2.33. The van der Waals surface area contributed by atoms with Crippen molar-refractivity contribution >= 4 is 5.71 Å². The highest BCUT2D eigenvalue weighted by molar-refractivity contribution is 6.03. The normalized spacial score (nSPS) is 23.1. The number of hydrogen-bond donors (Lipinski definition) is 3. The van der Waals surface area contributed by atoms with Crippen LogP contribution in [0.5, 0.6) is 0 Å². The van der Waals surface area contributed by atoms with Crippen LogP contribution in [0, 0.1) is 5.92 Å². The molecule has 5 heteroatoms. The lowest BCUT2D eigenvalue weighted by atomic mass is 10.0. The molecule has 1 aliphatic heterocycles. The topological polar surface area (TPSA) is 88.1 Å². The Morgan fingerprint density at radius 2 is 2.00 bits per heavy atom. The fourth-order valence-electron chi connectivity index (χ4n) is 1.78. The predicted molar refractivity (Wildman–Crippen MR) is 66.3 cm³/mol. The van der Waals surface area contributed by atoms with E-state index in [9.17, 15) is 10.2 Å². The number of aliphatic hydroxyl groups excluding tert-OH is 1. The molecule has 1 rings (SSSR count). The van der Waals surface area contributed by atoms with E-state index < -0.39 is 17.9 Å². The molecule has 17 heavy (non-hydrogen) atoms. The van der Waals surface area contributed by atoms with Gasteiger partial charge in [-0.3, -0.25) is 4.99 Å². The van der Waals surface area contributed by atoms with Crippen LogP contribution < -0.4 is 5.73 Å². The Morgan fingerprint density at radius 3 is 2.35 bits per heavy atom. The van der Waals surface area contributed by atoms with E-state index in [2.05, 4.69) is 4.99 Å². The highest BCUT2D eigenvalue weighted by Gasteiger charge is 2.33. The van der Waals surface area contributed by atoms with Gasteiger partial charge in [0.25, 0.3) is 0 Å². The Balaban J connectivity index is 2.90. The van der Waals surface area contributed by atoms with Gasteiger partial charge < -0.3 is 20.7 Å².